The number of carbonyl (C=O) groups excluding carboxylic acids is 2. The van der Waals surface area contributed by atoms with E-state index < -0.39 is 0 Å². The van der Waals surface area contributed by atoms with E-state index >= 15 is 0 Å². The summed E-state index contributed by atoms with van der Waals surface area (Å²) >= 11 is 0. The topological polar surface area (TPSA) is 58.6 Å². The molecule has 1 N–H and O–H groups in total. The molecule has 0 radical (unpaired) electrons. The molecule has 1 saturated carbocycles. The largest absolute Gasteiger partial charge is 0.369 e. The number of hydrogen-bond donors (Lipinski definition) is 1. The van der Waals surface area contributed by atoms with Crippen LogP contribution in [0.2, 0.25) is 0 Å². The lowest BCUT2D eigenvalue weighted by molar-refractivity contribution is -0.133. The third kappa shape index (κ3) is 3.24. The highest BCUT2D eigenvalue weighted by molar-refractivity contribution is 5.81. The third-order valence-electron chi connectivity index (χ3n) is 7.32. The molecule has 1 aromatic carbocycles. The maximum atomic E-state index is 12.5. The highest BCUT2D eigenvalue weighted by atomic mass is 16.5. The molecule has 3 aliphatic heterocycles. The van der Waals surface area contributed by atoms with E-state index in [1.54, 1.807) is 0 Å². The van der Waals surface area contributed by atoms with Gasteiger partial charge in [-0.2, -0.15) is 0 Å². The number of nitrogens with zero attached hydrogens (tertiary/aromatic N) is 1. The Morgan fingerprint density at radius 1 is 1.21 bits per heavy atom. The fraction of sp³-hybridized carbons (Fsp3) is 0.652. The lowest BCUT2D eigenvalue weighted by Gasteiger charge is -2.29. The minimum absolute atomic E-state index is 0.112. The van der Waals surface area contributed by atoms with Crippen LogP contribution in [0, 0.1) is 24.7 Å². The van der Waals surface area contributed by atoms with E-state index in [9.17, 15) is 9.59 Å². The van der Waals surface area contributed by atoms with Gasteiger partial charge in [-0.15, -0.1) is 0 Å². The summed E-state index contributed by atoms with van der Waals surface area (Å²) in [6, 6.07) is 8.38. The number of amides is 2. The maximum absolute atomic E-state index is 12.5. The van der Waals surface area contributed by atoms with Crippen LogP contribution in [0.3, 0.4) is 0 Å². The summed E-state index contributed by atoms with van der Waals surface area (Å²) in [7, 11) is 0. The lowest BCUT2D eigenvalue weighted by Crippen LogP contribution is -2.41. The molecule has 3 saturated heterocycles. The SMILES string of the molecule is Cc1ccc(CCC(=O)NC[C@H]2[C@H]3CN(C(=O)C4CC4)C[C@]34CC[C@H]2O4)cc1. The summed E-state index contributed by atoms with van der Waals surface area (Å²) in [4.78, 5) is 27.0. The van der Waals surface area contributed by atoms with Gasteiger partial charge in [-0.05, 0) is 44.6 Å². The molecule has 4 aliphatic rings. The summed E-state index contributed by atoms with van der Waals surface area (Å²) in [6.45, 7) is 4.33. The Hall–Kier alpha value is -1.88. The van der Waals surface area contributed by atoms with Gasteiger partial charge in [-0.3, -0.25) is 9.59 Å². The zero-order valence-corrected chi connectivity index (χ0v) is 16.7. The number of benzene rings is 1. The number of aryl methyl sites for hydroxylation is 2. The number of likely N-dealkylation sites (tertiary alicyclic amines) is 1. The molecule has 1 aliphatic carbocycles. The van der Waals surface area contributed by atoms with Crippen molar-refractivity contribution in [1.82, 2.24) is 10.2 Å². The Morgan fingerprint density at radius 2 is 2.00 bits per heavy atom. The van der Waals surface area contributed by atoms with Crippen molar-refractivity contribution in [2.75, 3.05) is 19.6 Å². The molecule has 3 heterocycles. The van der Waals surface area contributed by atoms with Crippen molar-refractivity contribution in [3.63, 3.8) is 0 Å². The van der Waals surface area contributed by atoms with Crippen LogP contribution < -0.4 is 5.32 Å². The highest BCUT2D eigenvalue weighted by Gasteiger charge is 2.63. The zero-order valence-electron chi connectivity index (χ0n) is 16.7. The Labute approximate surface area is 166 Å². The van der Waals surface area contributed by atoms with Gasteiger partial charge in [0.25, 0.3) is 0 Å². The van der Waals surface area contributed by atoms with Gasteiger partial charge in [0.05, 0.1) is 18.2 Å². The summed E-state index contributed by atoms with van der Waals surface area (Å²) in [5, 5.41) is 3.16. The average Bonchev–Trinajstić information content (AvgIpc) is 3.26. The van der Waals surface area contributed by atoms with Crippen molar-refractivity contribution in [1.29, 1.82) is 0 Å². The van der Waals surface area contributed by atoms with Gasteiger partial charge < -0.3 is 15.0 Å². The van der Waals surface area contributed by atoms with E-state index in [1.165, 1.54) is 11.1 Å². The van der Waals surface area contributed by atoms with Crippen LogP contribution in [-0.4, -0.2) is 48.1 Å². The normalized spacial score (nSPS) is 33.2. The number of nitrogens with one attached hydrogen (secondary N) is 1. The van der Waals surface area contributed by atoms with Crippen LogP contribution in [0.5, 0.6) is 0 Å². The molecular formula is C23H30N2O3. The lowest BCUT2D eigenvalue weighted by atomic mass is 9.73. The first kappa shape index (κ1) is 18.2. The van der Waals surface area contributed by atoms with Crippen molar-refractivity contribution in [2.24, 2.45) is 17.8 Å². The van der Waals surface area contributed by atoms with Crippen molar-refractivity contribution in [3.05, 3.63) is 35.4 Å². The van der Waals surface area contributed by atoms with Gasteiger partial charge in [-0.25, -0.2) is 0 Å². The molecular weight excluding hydrogens is 352 g/mol. The summed E-state index contributed by atoms with van der Waals surface area (Å²) < 4.78 is 6.40. The van der Waals surface area contributed by atoms with Crippen LogP contribution in [0.1, 0.15) is 43.2 Å². The molecule has 0 unspecified atom stereocenters. The van der Waals surface area contributed by atoms with E-state index in [0.717, 1.165) is 45.2 Å². The Balaban J connectivity index is 1.15. The third-order valence-corrected chi connectivity index (χ3v) is 7.32. The van der Waals surface area contributed by atoms with Gasteiger partial charge in [-0.1, -0.05) is 29.8 Å². The van der Waals surface area contributed by atoms with E-state index in [4.69, 9.17) is 4.74 Å². The monoisotopic (exact) mass is 382 g/mol. The molecule has 1 spiro atoms. The first-order valence-corrected chi connectivity index (χ1v) is 10.8. The van der Waals surface area contributed by atoms with Gasteiger partial charge in [0.15, 0.2) is 0 Å². The Kier molecular flexibility index (Phi) is 4.46. The smallest absolute Gasteiger partial charge is 0.225 e. The molecule has 1 aromatic rings. The van der Waals surface area contributed by atoms with E-state index in [2.05, 4.69) is 41.4 Å². The first-order chi connectivity index (χ1) is 13.5. The van der Waals surface area contributed by atoms with Crippen LogP contribution in [-0.2, 0) is 20.7 Å². The van der Waals surface area contributed by atoms with E-state index in [-0.39, 0.29) is 23.5 Å². The van der Waals surface area contributed by atoms with Crippen LogP contribution >= 0.6 is 0 Å². The summed E-state index contributed by atoms with van der Waals surface area (Å²) in [5.74, 6) is 1.44. The zero-order chi connectivity index (χ0) is 19.3. The van der Waals surface area contributed by atoms with E-state index in [1.807, 2.05) is 0 Å². The predicted octanol–water partition coefficient (Wildman–Crippen LogP) is 2.46. The molecule has 28 heavy (non-hydrogen) atoms. The molecule has 0 aromatic heterocycles. The maximum Gasteiger partial charge on any atom is 0.225 e. The summed E-state index contributed by atoms with van der Waals surface area (Å²) in [6.07, 6.45) is 5.77. The van der Waals surface area contributed by atoms with Gasteiger partial charge in [0.1, 0.15) is 0 Å². The number of carbonyl (C=O) groups is 2. The fourth-order valence-corrected chi connectivity index (χ4v) is 5.55. The van der Waals surface area contributed by atoms with Crippen molar-refractivity contribution >= 4 is 11.8 Å². The van der Waals surface area contributed by atoms with Gasteiger partial charge in [0.2, 0.25) is 11.8 Å². The first-order valence-electron chi connectivity index (χ1n) is 10.8. The second kappa shape index (κ2) is 6.87. The second-order valence-corrected chi connectivity index (χ2v) is 9.31. The summed E-state index contributed by atoms with van der Waals surface area (Å²) in [5.41, 5.74) is 2.31. The van der Waals surface area contributed by atoms with Crippen molar-refractivity contribution < 1.29 is 14.3 Å². The van der Waals surface area contributed by atoms with Crippen LogP contribution in [0.4, 0.5) is 0 Å². The Bertz CT molecular complexity index is 773. The molecule has 5 heteroatoms. The molecule has 5 rings (SSSR count). The highest BCUT2D eigenvalue weighted by Crippen LogP contribution is 2.55. The number of fused-ring (bicyclic) bond motifs is 1. The fourth-order valence-electron chi connectivity index (χ4n) is 5.55. The molecule has 4 fully saturated rings. The number of hydrogen-bond acceptors (Lipinski definition) is 3. The van der Waals surface area contributed by atoms with Crippen molar-refractivity contribution in [3.8, 4) is 0 Å². The Morgan fingerprint density at radius 3 is 2.75 bits per heavy atom. The standard InChI is InChI=1S/C23H30N2O3/c1-15-2-4-16(5-3-15)6-9-21(26)24-12-18-19-13-25(22(27)17-7-8-17)14-23(19)11-10-20(18)28-23/h2-5,17-20H,6-14H2,1H3,(H,24,26)/t18-,19+,20+,23+/m0/s1. The minimum atomic E-state index is -0.132. The van der Waals surface area contributed by atoms with E-state index in [0.29, 0.717) is 30.7 Å². The van der Waals surface area contributed by atoms with Crippen LogP contribution in [0.15, 0.2) is 24.3 Å². The minimum Gasteiger partial charge on any atom is -0.369 e. The molecule has 4 atom stereocenters. The molecule has 2 bridgehead atoms. The van der Waals surface area contributed by atoms with Crippen molar-refractivity contribution in [2.45, 2.75) is 57.2 Å². The number of rotatable bonds is 6. The van der Waals surface area contributed by atoms with Gasteiger partial charge >= 0.3 is 0 Å². The predicted molar refractivity (Wildman–Crippen MR) is 106 cm³/mol. The van der Waals surface area contributed by atoms with Crippen LogP contribution in [0.25, 0.3) is 0 Å². The van der Waals surface area contributed by atoms with Gasteiger partial charge in [0, 0.05) is 37.3 Å². The molecule has 150 valence electrons. The molecule has 2 amide bonds. The molecule has 5 nitrogen and oxygen atoms in total. The average molecular weight is 383 g/mol. The second-order valence-electron chi connectivity index (χ2n) is 9.31. The number of ether oxygens (including phenoxy) is 1. The quantitative estimate of drug-likeness (QED) is 0.822.